The van der Waals surface area contributed by atoms with Gasteiger partial charge in [0.1, 0.15) is 0 Å². The molecule has 0 aromatic heterocycles. The third-order valence-electron chi connectivity index (χ3n) is 6.20. The van der Waals surface area contributed by atoms with Gasteiger partial charge < -0.3 is 0 Å². The zero-order chi connectivity index (χ0) is 20.3. The Bertz CT molecular complexity index is 763. The van der Waals surface area contributed by atoms with E-state index in [4.69, 9.17) is 0 Å². The molecule has 0 heterocycles. The van der Waals surface area contributed by atoms with Crippen LogP contribution in [0.25, 0.3) is 0 Å². The number of aryl methyl sites for hydroxylation is 1. The molecule has 0 amide bonds. The average molecular weight is 389 g/mol. The molecule has 2 nitrogen and oxygen atoms in total. The van der Waals surface area contributed by atoms with Crippen LogP contribution in [0.3, 0.4) is 0 Å². The maximum absolute atomic E-state index is 4.23. The van der Waals surface area contributed by atoms with Crippen molar-refractivity contribution in [1.29, 1.82) is 0 Å². The van der Waals surface area contributed by atoms with E-state index >= 15 is 0 Å². The molecule has 2 heteroatoms. The van der Waals surface area contributed by atoms with E-state index < -0.39 is 0 Å². The lowest BCUT2D eigenvalue weighted by Crippen LogP contribution is -2.10. The highest BCUT2D eigenvalue weighted by Gasteiger charge is 2.19. The number of hydrogen-bond acceptors (Lipinski definition) is 2. The molecule has 0 saturated heterocycles. The molecule has 1 aliphatic rings. The summed E-state index contributed by atoms with van der Waals surface area (Å²) in [5, 5.41) is 8.44. The van der Waals surface area contributed by atoms with Crippen LogP contribution in [0, 0.1) is 5.92 Å². The van der Waals surface area contributed by atoms with E-state index in [0.717, 1.165) is 23.0 Å². The first kappa shape index (κ1) is 21.5. The lowest BCUT2D eigenvalue weighted by molar-refractivity contribution is 0.348. The summed E-state index contributed by atoms with van der Waals surface area (Å²) in [5.41, 5.74) is 5.10. The van der Waals surface area contributed by atoms with Crippen molar-refractivity contribution in [3.05, 3.63) is 70.8 Å². The van der Waals surface area contributed by atoms with Gasteiger partial charge in [-0.15, -0.1) is 0 Å². The molecule has 2 aromatic carbocycles. The molecule has 154 valence electrons. The van der Waals surface area contributed by atoms with Crippen LogP contribution in [0.2, 0.25) is 0 Å². The number of unbranched alkanes of at least 4 members (excludes halogenated alkanes) is 3. The molecular formula is C27H36N2. The third kappa shape index (κ3) is 7.27. The zero-order valence-corrected chi connectivity index (χ0v) is 18.2. The lowest BCUT2D eigenvalue weighted by Gasteiger charge is -2.26. The van der Waals surface area contributed by atoms with Gasteiger partial charge in [-0.25, -0.2) is 0 Å². The molecule has 29 heavy (non-hydrogen) atoms. The van der Waals surface area contributed by atoms with Gasteiger partial charge in [-0.1, -0.05) is 94.5 Å². The van der Waals surface area contributed by atoms with Gasteiger partial charge >= 0.3 is 0 Å². The fraction of sp³-hybridized carbons (Fsp3) is 0.481. The van der Waals surface area contributed by atoms with Gasteiger partial charge in [-0.2, -0.15) is 10.2 Å². The standard InChI is InChI=1S/C27H36N2/c1-3-4-5-6-7-23-10-12-24(13-11-23)20-28-29-21-25-14-18-27(19-15-25)26-16-8-22(2)9-17-26/h10-15,18-22,26H,3-9,16-17H2,1-2H3/t22-,26-. The minimum absolute atomic E-state index is 0.741. The van der Waals surface area contributed by atoms with Crippen LogP contribution >= 0.6 is 0 Å². The number of rotatable bonds is 9. The summed E-state index contributed by atoms with van der Waals surface area (Å²) in [4.78, 5) is 0. The SMILES string of the molecule is CCCCCCc1ccc(C=NN=Cc2ccc([C@H]3CC[C@H](C)CC3)cc2)cc1. The minimum atomic E-state index is 0.741. The summed E-state index contributed by atoms with van der Waals surface area (Å²) in [6, 6.07) is 17.6. The average Bonchev–Trinajstić information content (AvgIpc) is 2.76. The smallest absolute Gasteiger partial charge is 0.0568 e. The number of hydrogen-bond donors (Lipinski definition) is 0. The second kappa shape index (κ2) is 11.7. The van der Waals surface area contributed by atoms with Crippen LogP contribution in [0.15, 0.2) is 58.7 Å². The van der Waals surface area contributed by atoms with E-state index in [0.29, 0.717) is 0 Å². The van der Waals surface area contributed by atoms with Crippen molar-refractivity contribution in [2.24, 2.45) is 16.1 Å². The van der Waals surface area contributed by atoms with Gasteiger partial charge in [0.15, 0.2) is 0 Å². The zero-order valence-electron chi connectivity index (χ0n) is 18.2. The van der Waals surface area contributed by atoms with Gasteiger partial charge in [0.05, 0.1) is 12.4 Å². The second-order valence-electron chi connectivity index (χ2n) is 8.66. The fourth-order valence-electron chi connectivity index (χ4n) is 4.17. The van der Waals surface area contributed by atoms with E-state index in [2.05, 4.69) is 72.6 Å². The predicted octanol–water partition coefficient (Wildman–Crippen LogP) is 7.56. The lowest BCUT2D eigenvalue weighted by atomic mass is 9.79. The summed E-state index contributed by atoms with van der Waals surface area (Å²) in [7, 11) is 0. The molecule has 0 radical (unpaired) electrons. The van der Waals surface area contributed by atoms with Crippen molar-refractivity contribution in [3.63, 3.8) is 0 Å². The molecule has 0 N–H and O–H groups in total. The van der Waals surface area contributed by atoms with Gasteiger partial charge in [-0.3, -0.25) is 0 Å². The molecule has 3 rings (SSSR count). The topological polar surface area (TPSA) is 24.7 Å². The summed E-state index contributed by atoms with van der Waals surface area (Å²) >= 11 is 0. The molecule has 0 atom stereocenters. The Labute approximate surface area is 177 Å². The molecule has 0 aliphatic heterocycles. The van der Waals surface area contributed by atoms with E-state index in [1.54, 1.807) is 0 Å². The Hall–Kier alpha value is -2.22. The number of nitrogens with zero attached hydrogens (tertiary/aromatic N) is 2. The Kier molecular flexibility index (Phi) is 8.67. The molecular weight excluding hydrogens is 352 g/mol. The molecule has 2 aromatic rings. The highest BCUT2D eigenvalue weighted by atomic mass is 15.2. The maximum atomic E-state index is 4.23. The van der Waals surface area contributed by atoms with Crippen LogP contribution in [-0.4, -0.2) is 12.4 Å². The van der Waals surface area contributed by atoms with Crippen molar-refractivity contribution in [2.75, 3.05) is 0 Å². The predicted molar refractivity (Wildman–Crippen MR) is 126 cm³/mol. The Balaban J connectivity index is 1.46. The summed E-state index contributed by atoms with van der Waals surface area (Å²) < 4.78 is 0. The first-order valence-electron chi connectivity index (χ1n) is 11.5. The molecule has 1 aliphatic carbocycles. The Morgan fingerprint density at radius 3 is 1.93 bits per heavy atom. The summed E-state index contributed by atoms with van der Waals surface area (Å²) in [5.74, 6) is 1.64. The van der Waals surface area contributed by atoms with E-state index in [9.17, 15) is 0 Å². The largest absolute Gasteiger partial charge is 0.159 e. The van der Waals surface area contributed by atoms with E-state index in [1.807, 2.05) is 12.4 Å². The molecule has 1 saturated carbocycles. The van der Waals surface area contributed by atoms with Crippen molar-refractivity contribution in [3.8, 4) is 0 Å². The first-order valence-corrected chi connectivity index (χ1v) is 11.5. The van der Waals surface area contributed by atoms with Crippen LogP contribution in [0.1, 0.15) is 93.4 Å². The van der Waals surface area contributed by atoms with Gasteiger partial charge in [0, 0.05) is 0 Å². The molecule has 0 bridgehead atoms. The van der Waals surface area contributed by atoms with Crippen LogP contribution in [-0.2, 0) is 6.42 Å². The summed E-state index contributed by atoms with van der Waals surface area (Å²) in [6.45, 7) is 4.63. The highest BCUT2D eigenvalue weighted by molar-refractivity contribution is 5.82. The Morgan fingerprint density at radius 1 is 0.759 bits per heavy atom. The highest BCUT2D eigenvalue weighted by Crippen LogP contribution is 2.35. The monoisotopic (exact) mass is 388 g/mol. The second-order valence-corrected chi connectivity index (χ2v) is 8.66. The molecule has 1 fully saturated rings. The normalized spacial score (nSPS) is 19.9. The van der Waals surface area contributed by atoms with Crippen molar-refractivity contribution >= 4 is 12.4 Å². The summed E-state index contributed by atoms with van der Waals surface area (Å²) in [6.07, 6.45) is 15.5. The van der Waals surface area contributed by atoms with Crippen molar-refractivity contribution in [1.82, 2.24) is 0 Å². The van der Waals surface area contributed by atoms with Crippen LogP contribution in [0.5, 0.6) is 0 Å². The fourth-order valence-corrected chi connectivity index (χ4v) is 4.17. The van der Waals surface area contributed by atoms with Crippen LogP contribution < -0.4 is 0 Å². The van der Waals surface area contributed by atoms with E-state index in [-0.39, 0.29) is 0 Å². The van der Waals surface area contributed by atoms with Gasteiger partial charge in [0.2, 0.25) is 0 Å². The molecule has 0 spiro atoms. The van der Waals surface area contributed by atoms with E-state index in [1.165, 1.54) is 68.9 Å². The first-order chi connectivity index (χ1) is 14.2. The van der Waals surface area contributed by atoms with Gasteiger partial charge in [0.25, 0.3) is 0 Å². The minimum Gasteiger partial charge on any atom is -0.159 e. The maximum Gasteiger partial charge on any atom is 0.0568 e. The number of benzene rings is 2. The Morgan fingerprint density at radius 2 is 1.34 bits per heavy atom. The third-order valence-corrected chi connectivity index (χ3v) is 6.20. The quantitative estimate of drug-likeness (QED) is 0.240. The molecule has 0 unspecified atom stereocenters. The van der Waals surface area contributed by atoms with Crippen LogP contribution in [0.4, 0.5) is 0 Å². The van der Waals surface area contributed by atoms with Crippen molar-refractivity contribution < 1.29 is 0 Å². The van der Waals surface area contributed by atoms with Gasteiger partial charge in [-0.05, 0) is 59.8 Å². The van der Waals surface area contributed by atoms with Crippen molar-refractivity contribution in [2.45, 2.75) is 77.6 Å².